The first kappa shape index (κ1) is 5.93. The van der Waals surface area contributed by atoms with Gasteiger partial charge in [-0.1, -0.05) is 0 Å². The Morgan fingerprint density at radius 1 is 1.62 bits per heavy atom. The average Bonchev–Trinajstić information content (AvgIpc) is 2.14. The van der Waals surface area contributed by atoms with Crippen molar-refractivity contribution in [3.63, 3.8) is 0 Å². The van der Waals surface area contributed by atoms with Gasteiger partial charge in [-0.2, -0.15) is 0 Å². The van der Waals surface area contributed by atoms with Crippen molar-refractivity contribution in [2.24, 2.45) is 7.05 Å². The van der Waals surface area contributed by atoms with E-state index in [4.69, 9.17) is 0 Å². The maximum absolute atomic E-state index is 3.78. The minimum absolute atomic E-state index is 0.0521. The van der Waals surface area contributed by atoms with E-state index in [9.17, 15) is 0 Å². The van der Waals surface area contributed by atoms with Gasteiger partial charge in [0.15, 0.2) is 0 Å². The molecule has 0 spiro atoms. The minimum atomic E-state index is 0.0521. The van der Waals surface area contributed by atoms with Crippen LogP contribution in [0.4, 0.5) is 0 Å². The molecule has 1 aromatic rings. The Hall–Kier alpha value is -0.200. The zero-order valence-electron chi connectivity index (χ0n) is 4.67. The van der Waals surface area contributed by atoms with Crippen molar-refractivity contribution in [2.75, 3.05) is 4.93 Å². The van der Waals surface area contributed by atoms with Crippen LogP contribution in [-0.2, 0) is 7.05 Å². The molecule has 0 aliphatic heterocycles. The molecular formula is C3H6IN4-. The summed E-state index contributed by atoms with van der Waals surface area (Å²) in [4.78, 5) is 2.13. The van der Waals surface area contributed by atoms with Crippen LogP contribution in [0.25, 0.3) is 0 Å². The first-order valence-corrected chi connectivity index (χ1v) is 5.30. The second kappa shape index (κ2) is 2.38. The van der Waals surface area contributed by atoms with Gasteiger partial charge in [0.2, 0.25) is 0 Å². The van der Waals surface area contributed by atoms with Crippen LogP contribution < -0.4 is 21.2 Å². The number of tetrazole rings is 1. The van der Waals surface area contributed by atoms with E-state index in [2.05, 4.69) is 20.5 Å². The number of alkyl halides is 1. The Morgan fingerprint density at radius 2 is 2.38 bits per heavy atom. The monoisotopic (exact) mass is 225 g/mol. The fourth-order valence-corrected chi connectivity index (χ4v) is 1.49. The molecule has 0 saturated heterocycles. The number of aryl methyl sites for hydroxylation is 1. The molecule has 0 amide bonds. The maximum atomic E-state index is 3.78. The van der Waals surface area contributed by atoms with Crippen molar-refractivity contribution >= 4 is 0 Å². The number of hydrogen-bond acceptors (Lipinski definition) is 3. The Bertz CT molecular complexity index is 172. The summed E-state index contributed by atoms with van der Waals surface area (Å²) < 4.78 is 2.75. The number of halogens is 1. The Labute approximate surface area is 57.5 Å². The van der Waals surface area contributed by atoms with Crippen LogP contribution in [-0.4, -0.2) is 25.1 Å². The van der Waals surface area contributed by atoms with Crippen LogP contribution in [0.5, 0.6) is 0 Å². The molecule has 0 N–H and O–H groups in total. The third-order valence-electron chi connectivity index (χ3n) is 0.737. The Kier molecular flexibility index (Phi) is 1.77. The third-order valence-corrected chi connectivity index (χ3v) is 2.62. The normalized spacial score (nSPS) is 10.2. The molecule has 0 aliphatic carbocycles. The van der Waals surface area contributed by atoms with E-state index in [1.165, 1.54) is 0 Å². The summed E-state index contributed by atoms with van der Waals surface area (Å²) in [5.41, 5.74) is 0. The van der Waals surface area contributed by atoms with Crippen molar-refractivity contribution in [1.29, 1.82) is 0 Å². The van der Waals surface area contributed by atoms with Gasteiger partial charge in [0, 0.05) is 0 Å². The van der Waals surface area contributed by atoms with Gasteiger partial charge in [0.05, 0.1) is 0 Å². The fourth-order valence-electron chi connectivity index (χ4n) is 0.379. The molecule has 0 aliphatic rings. The van der Waals surface area contributed by atoms with Crippen molar-refractivity contribution < 1.29 is 21.2 Å². The fraction of sp³-hybridized carbons (Fsp3) is 0.667. The van der Waals surface area contributed by atoms with Gasteiger partial charge in [-0.05, 0) is 0 Å². The summed E-state index contributed by atoms with van der Waals surface area (Å²) in [6.07, 6.45) is 0. The van der Waals surface area contributed by atoms with E-state index < -0.39 is 0 Å². The molecule has 0 atom stereocenters. The standard InChI is InChI=1S/C3H6IN4/c1-4-3-5-6-7-8(3)2/h1-2H3/q-1. The van der Waals surface area contributed by atoms with E-state index in [1.54, 1.807) is 4.68 Å². The molecule has 5 heteroatoms. The molecule has 1 rings (SSSR count). The first-order chi connectivity index (χ1) is 3.84. The molecule has 0 aromatic carbocycles. The molecule has 0 fully saturated rings. The summed E-state index contributed by atoms with van der Waals surface area (Å²) >= 11 is 0.0521. The summed E-state index contributed by atoms with van der Waals surface area (Å²) in [6.45, 7) is 0. The summed E-state index contributed by atoms with van der Waals surface area (Å²) in [6, 6.07) is 0. The molecule has 1 aromatic heterocycles. The van der Waals surface area contributed by atoms with Gasteiger partial charge >= 0.3 is 57.2 Å². The van der Waals surface area contributed by atoms with Crippen molar-refractivity contribution in [2.45, 2.75) is 0 Å². The van der Waals surface area contributed by atoms with Crippen molar-refractivity contribution in [3.8, 4) is 0 Å². The van der Waals surface area contributed by atoms with Gasteiger partial charge in [0.1, 0.15) is 0 Å². The molecule has 46 valence electrons. The zero-order valence-corrected chi connectivity index (χ0v) is 6.82. The number of hydrogen-bond donors (Lipinski definition) is 0. The number of aromatic nitrogens is 4. The second-order valence-corrected chi connectivity index (χ2v) is 3.30. The summed E-state index contributed by atoms with van der Waals surface area (Å²) in [5.74, 6) is 0. The van der Waals surface area contributed by atoms with Gasteiger partial charge in [-0.15, -0.1) is 0 Å². The number of rotatable bonds is 1. The van der Waals surface area contributed by atoms with E-state index in [0.717, 1.165) is 3.83 Å². The second-order valence-electron chi connectivity index (χ2n) is 1.26. The molecule has 0 unspecified atom stereocenters. The van der Waals surface area contributed by atoms with Crippen LogP contribution in [0.1, 0.15) is 0 Å². The predicted octanol–water partition coefficient (Wildman–Crippen LogP) is -3.90. The van der Waals surface area contributed by atoms with Crippen LogP contribution in [0.15, 0.2) is 0 Å². The van der Waals surface area contributed by atoms with Crippen molar-refractivity contribution in [3.05, 3.63) is 3.83 Å². The molecule has 1 heterocycles. The predicted molar refractivity (Wildman–Crippen MR) is 23.4 cm³/mol. The van der Waals surface area contributed by atoms with E-state index in [0.29, 0.717) is 0 Å². The van der Waals surface area contributed by atoms with Crippen molar-refractivity contribution in [1.82, 2.24) is 20.2 Å². The van der Waals surface area contributed by atoms with Crippen LogP contribution in [0, 0.1) is 3.83 Å². The van der Waals surface area contributed by atoms with Crippen LogP contribution in [0.2, 0.25) is 0 Å². The topological polar surface area (TPSA) is 43.6 Å². The van der Waals surface area contributed by atoms with E-state index >= 15 is 0 Å². The van der Waals surface area contributed by atoms with Crippen LogP contribution in [0.3, 0.4) is 0 Å². The van der Waals surface area contributed by atoms with Gasteiger partial charge in [-0.3, -0.25) is 0 Å². The van der Waals surface area contributed by atoms with Gasteiger partial charge < -0.3 is 0 Å². The molecular weight excluding hydrogens is 219 g/mol. The molecule has 0 saturated carbocycles. The van der Waals surface area contributed by atoms with Gasteiger partial charge in [-0.25, -0.2) is 0 Å². The molecule has 0 radical (unpaired) electrons. The summed E-state index contributed by atoms with van der Waals surface area (Å²) in [5, 5.41) is 10.9. The quantitative estimate of drug-likeness (QED) is 0.362. The average molecular weight is 225 g/mol. The zero-order chi connectivity index (χ0) is 5.98. The first-order valence-electron chi connectivity index (χ1n) is 2.06. The van der Waals surface area contributed by atoms with Crippen LogP contribution >= 0.6 is 0 Å². The summed E-state index contributed by atoms with van der Waals surface area (Å²) in [7, 11) is 1.86. The van der Waals surface area contributed by atoms with Gasteiger partial charge in [0.25, 0.3) is 0 Å². The number of nitrogens with zero attached hydrogens (tertiary/aromatic N) is 4. The molecule has 4 nitrogen and oxygen atoms in total. The third kappa shape index (κ3) is 0.960. The Morgan fingerprint density at radius 3 is 2.62 bits per heavy atom. The SMILES string of the molecule is C[I-]c1nnnn1C. The van der Waals surface area contributed by atoms with E-state index in [1.807, 2.05) is 7.05 Å². The molecule has 0 bridgehead atoms. The molecule has 8 heavy (non-hydrogen) atoms. The Balaban J connectivity index is 2.92. The van der Waals surface area contributed by atoms with E-state index in [-0.39, 0.29) is 21.2 Å².